The summed E-state index contributed by atoms with van der Waals surface area (Å²) in [6, 6.07) is 4.60. The fraction of sp³-hybridized carbons (Fsp3) is 0.859. The summed E-state index contributed by atoms with van der Waals surface area (Å²) in [5, 5.41) is 29.1. The molecule has 542 valence electrons. The van der Waals surface area contributed by atoms with Crippen LogP contribution in [0.3, 0.4) is 0 Å². The lowest BCUT2D eigenvalue weighted by Gasteiger charge is -2.40. The standard InChI is InChI=1S/C26H41N4O5P.C14H21N3O4.C12H21ClNOP.C12H23NO.C6H15N.CH4/c1-5-19-20(16-23(33-19)29-15-13-22(28-25(29)32)27-24(31)17(2)3)34-36-30-14-9-12-21(30)26(4,35-36)18-10-7-6-8-11-18;1-4-10-9(18)7-12(21-10)17-6-5-11(16-14(17)20)15-13(19)8(2)3;1-12(10-6-3-2-4-7-10)11-8-5-9-14(11)16(13)15-12;1-12(14,11-8-5-9-13-11)10-6-3-2-4-7-10;1-4-7(5-2)6-3;/h13,15,17-21,23H,5-12,14,16H2,1-4H3,(H,27,28,31,32);5-6,8-10,12,18H,4,7H2,1-3H3,(H,15,16,19,20);10-11H,2-9H2,1H3;10-11,13-14H,2-9H2,1H3;4-6H2,1-3H3;1H4/t19-,20?,21+,23-,26-,36?;9?,10-,12-;11-,12+,16?;11-,12+;;/m1100../s1. The zero-order valence-corrected chi connectivity index (χ0v) is 61.8. The van der Waals surface area contributed by atoms with E-state index in [-0.39, 0.29) is 72.2 Å². The predicted molar refractivity (Wildman–Crippen MR) is 382 cm³/mol. The fourth-order valence-electron chi connectivity index (χ4n) is 16.2. The molecule has 0 aromatic carbocycles. The fourth-order valence-corrected chi connectivity index (χ4v) is 21.0. The van der Waals surface area contributed by atoms with Crippen LogP contribution in [0.2, 0.25) is 0 Å². The lowest BCUT2D eigenvalue weighted by molar-refractivity contribution is -0.119. The average Bonchev–Trinajstić information content (AvgIpc) is 1.60. The van der Waals surface area contributed by atoms with Crippen LogP contribution in [-0.2, 0) is 32.6 Å². The number of fused-ring (bicyclic) bond motifs is 2. The zero-order chi connectivity index (χ0) is 67.9. The van der Waals surface area contributed by atoms with E-state index < -0.39 is 51.7 Å². The van der Waals surface area contributed by atoms with Gasteiger partial charge < -0.3 is 54.1 Å². The van der Waals surface area contributed by atoms with Gasteiger partial charge in [-0.15, -0.1) is 0 Å². The molecule has 21 nitrogen and oxygen atoms in total. The third kappa shape index (κ3) is 20.2. The molecular weight excluding hydrogens is 1270 g/mol. The number of nitrogens with one attached hydrogen (secondary N) is 3. The van der Waals surface area contributed by atoms with Gasteiger partial charge in [0, 0.05) is 68.3 Å². The first-order chi connectivity index (χ1) is 45.0. The number of rotatable bonds is 17. The summed E-state index contributed by atoms with van der Waals surface area (Å²) >= 11 is 6.39. The zero-order valence-electron chi connectivity index (χ0n) is 59.3. The number of aromatic nitrogens is 4. The smallest absolute Gasteiger partial charge is 0.351 e. The number of halogens is 1. The number of nitrogens with zero attached hydrogens (tertiary/aromatic N) is 7. The topological polar surface area (TPSA) is 236 Å². The highest BCUT2D eigenvalue weighted by molar-refractivity contribution is 7.78. The van der Waals surface area contributed by atoms with E-state index in [9.17, 15) is 29.4 Å². The molecule has 7 aliphatic heterocycles. The van der Waals surface area contributed by atoms with Gasteiger partial charge in [-0.05, 0) is 178 Å². The van der Waals surface area contributed by atoms with Gasteiger partial charge in [-0.3, -0.25) is 18.7 Å². The van der Waals surface area contributed by atoms with Crippen molar-refractivity contribution in [1.29, 1.82) is 0 Å². The van der Waals surface area contributed by atoms with E-state index in [1.165, 1.54) is 163 Å². The van der Waals surface area contributed by atoms with Crippen LogP contribution in [0.25, 0.3) is 0 Å². The molecule has 0 radical (unpaired) electrons. The summed E-state index contributed by atoms with van der Waals surface area (Å²) in [5.74, 6) is 1.62. The van der Waals surface area contributed by atoms with Crippen LogP contribution in [0, 0.1) is 29.6 Å². The first-order valence-electron chi connectivity index (χ1n) is 36.8. The number of amides is 2. The Labute approximate surface area is 577 Å². The van der Waals surface area contributed by atoms with E-state index in [1.54, 1.807) is 46.0 Å². The van der Waals surface area contributed by atoms with Gasteiger partial charge in [0.15, 0.2) is 0 Å². The van der Waals surface area contributed by atoms with Crippen molar-refractivity contribution in [3.63, 3.8) is 0 Å². The first kappa shape index (κ1) is 79.7. The average molecular weight is 1390 g/mol. The molecule has 7 saturated heterocycles. The molecule has 0 bridgehead atoms. The lowest BCUT2D eigenvalue weighted by atomic mass is 9.74. The summed E-state index contributed by atoms with van der Waals surface area (Å²) < 4.78 is 39.5. The molecule has 2 amide bonds. The largest absolute Gasteiger partial charge is 0.390 e. The second kappa shape index (κ2) is 37.4. The molecule has 12 rings (SSSR count). The van der Waals surface area contributed by atoms with Crippen molar-refractivity contribution in [2.75, 3.05) is 49.9 Å². The molecular formula is C71H125ClN10O11P2. The van der Waals surface area contributed by atoms with Crippen LogP contribution in [0.15, 0.2) is 34.1 Å². The first-order valence-corrected chi connectivity index (χ1v) is 40.1. The van der Waals surface area contributed by atoms with E-state index in [1.807, 2.05) is 13.8 Å². The second-order valence-electron chi connectivity index (χ2n) is 29.2. The normalized spacial score (nSPS) is 32.6. The highest BCUT2D eigenvalue weighted by Crippen LogP contribution is 2.66. The van der Waals surface area contributed by atoms with Gasteiger partial charge in [0.25, 0.3) is 8.53 Å². The van der Waals surface area contributed by atoms with E-state index in [2.05, 4.69) is 81.7 Å². The molecule has 3 saturated carbocycles. The second-order valence-corrected chi connectivity index (χ2v) is 32.6. The molecule has 10 fully saturated rings. The number of hydrogen-bond acceptors (Lipinski definition) is 17. The Morgan fingerprint density at radius 1 is 0.684 bits per heavy atom. The lowest BCUT2D eigenvalue weighted by Crippen LogP contribution is -2.51. The number of anilines is 2. The SMILES string of the molecule is C.CCN(CC)CC.CC[C@H]1O[C@@H](n2ccc(NC(=O)C(C)C)nc2=O)CC1O.CC[C@H]1O[C@@H](n2ccc(NC(=O)C(C)C)nc2=O)CC1OP1O[C@](C)(C2CCCCC2)[C@@H]2CCCN21.C[C@@](O)(C1CCCCC1)[C@@H]1CCCN1.C[C@]1(C2CCCCC2)OP(Cl)N2CCC[C@H]21. The molecule has 0 spiro atoms. The summed E-state index contributed by atoms with van der Waals surface area (Å²) in [4.78, 5) is 58.6. The number of carbonyl (C=O) groups excluding carboxylic acids is 2. The van der Waals surface area contributed by atoms with Crippen molar-refractivity contribution in [2.45, 2.75) is 323 Å². The third-order valence-electron chi connectivity index (χ3n) is 22.3. The minimum absolute atomic E-state index is 0. The monoisotopic (exact) mass is 1390 g/mol. The summed E-state index contributed by atoms with van der Waals surface area (Å²) in [6.45, 7) is 31.2. The minimum atomic E-state index is -1.16. The molecule has 2 aromatic heterocycles. The van der Waals surface area contributed by atoms with Crippen molar-refractivity contribution < 1.29 is 42.8 Å². The van der Waals surface area contributed by atoms with E-state index >= 15 is 0 Å². The summed E-state index contributed by atoms with van der Waals surface area (Å²) in [5.41, 5.74) is -1.49. The molecule has 4 unspecified atom stereocenters. The van der Waals surface area contributed by atoms with E-state index in [0.717, 1.165) is 38.4 Å². The van der Waals surface area contributed by atoms with E-state index in [0.29, 0.717) is 49.2 Å². The van der Waals surface area contributed by atoms with Crippen molar-refractivity contribution in [2.24, 2.45) is 29.6 Å². The number of ether oxygens (including phenoxy) is 2. The quantitative estimate of drug-likeness (QED) is 0.0926. The minimum Gasteiger partial charge on any atom is -0.390 e. The van der Waals surface area contributed by atoms with Gasteiger partial charge in [0.2, 0.25) is 19.5 Å². The Hall–Kier alpha value is -2.59. The van der Waals surface area contributed by atoms with Crippen LogP contribution in [0.5, 0.6) is 0 Å². The molecule has 95 heavy (non-hydrogen) atoms. The van der Waals surface area contributed by atoms with Gasteiger partial charge in [-0.25, -0.2) is 18.9 Å². The molecule has 2 aromatic rings. The number of hydrogen-bond donors (Lipinski definition) is 5. The van der Waals surface area contributed by atoms with E-state index in [4.69, 9.17) is 34.3 Å². The van der Waals surface area contributed by atoms with Gasteiger partial charge in [-0.2, -0.15) is 9.97 Å². The third-order valence-corrected chi connectivity index (χ3v) is 26.5. The Kier molecular flexibility index (Phi) is 31.4. The molecule has 10 aliphatic rings. The maximum Gasteiger partial charge on any atom is 0.351 e. The van der Waals surface area contributed by atoms with Gasteiger partial charge in [-0.1, -0.05) is 128 Å². The molecule has 14 atom stereocenters. The van der Waals surface area contributed by atoms with Gasteiger partial charge >= 0.3 is 11.4 Å². The molecule has 3 aliphatic carbocycles. The molecule has 9 heterocycles. The van der Waals surface area contributed by atoms with Gasteiger partial charge in [0.1, 0.15) is 24.1 Å². The van der Waals surface area contributed by atoms with Crippen LogP contribution >= 0.6 is 27.4 Å². The van der Waals surface area contributed by atoms with Crippen molar-refractivity contribution >= 4 is 50.9 Å². The Morgan fingerprint density at radius 3 is 1.59 bits per heavy atom. The maximum absolute atomic E-state index is 12.8. The van der Waals surface area contributed by atoms with Gasteiger partial charge in [0.05, 0.1) is 41.2 Å². The van der Waals surface area contributed by atoms with Crippen LogP contribution < -0.4 is 27.3 Å². The highest BCUT2D eigenvalue weighted by atomic mass is 35.7. The predicted octanol–water partition coefficient (Wildman–Crippen LogP) is 14.2. The number of aliphatic hydroxyl groups excluding tert-OH is 1. The molecule has 24 heteroatoms. The van der Waals surface area contributed by atoms with Crippen molar-refractivity contribution in [1.82, 2.24) is 38.7 Å². The highest BCUT2D eigenvalue weighted by Gasteiger charge is 2.59. The Morgan fingerprint density at radius 2 is 1.15 bits per heavy atom. The number of carbonyl (C=O) groups is 2. The summed E-state index contributed by atoms with van der Waals surface area (Å²) in [6.07, 6.45) is 30.6. The molecule has 5 N–H and O–H groups in total. The Bertz CT molecular complexity index is 2770. The summed E-state index contributed by atoms with van der Waals surface area (Å²) in [7, 11) is -1.97. The number of aliphatic hydroxyl groups is 2. The van der Waals surface area contributed by atoms with Crippen molar-refractivity contribution in [3.05, 3.63) is 45.5 Å². The van der Waals surface area contributed by atoms with Crippen molar-refractivity contribution in [3.8, 4) is 0 Å². The Balaban J connectivity index is 0.000000184. The van der Waals surface area contributed by atoms with Crippen LogP contribution in [0.4, 0.5) is 11.6 Å². The van der Waals surface area contributed by atoms with Crippen LogP contribution in [-0.4, -0.2) is 154 Å². The van der Waals surface area contributed by atoms with Crippen LogP contribution in [0.1, 0.15) is 263 Å². The maximum atomic E-state index is 12.8.